The van der Waals surface area contributed by atoms with Gasteiger partial charge < -0.3 is 5.11 Å². The van der Waals surface area contributed by atoms with Gasteiger partial charge in [0.05, 0.1) is 11.9 Å². The number of hydrogen-bond donors (Lipinski definition) is 1. The lowest BCUT2D eigenvalue weighted by Crippen LogP contribution is -2.30. The molecule has 14 heavy (non-hydrogen) atoms. The average molecular weight is 256 g/mol. The molecule has 84 valence electrons. The number of hydrogen-bond acceptors (Lipinski definition) is 5. The van der Waals surface area contributed by atoms with Crippen LogP contribution in [-0.4, -0.2) is 54.1 Å². The lowest BCUT2D eigenvalue weighted by Gasteiger charge is -2.25. The van der Waals surface area contributed by atoms with Crippen molar-refractivity contribution in [3.63, 3.8) is 0 Å². The summed E-state index contributed by atoms with van der Waals surface area (Å²) in [6.07, 6.45) is 1.11. The molecule has 1 heterocycles. The van der Waals surface area contributed by atoms with Crippen LogP contribution in [0.5, 0.6) is 0 Å². The van der Waals surface area contributed by atoms with Gasteiger partial charge in [-0.1, -0.05) is 0 Å². The first-order chi connectivity index (χ1) is 6.49. The van der Waals surface area contributed by atoms with Gasteiger partial charge in [0.2, 0.25) is 0 Å². The topological polar surface area (TPSA) is 54.4 Å². The summed E-state index contributed by atoms with van der Waals surface area (Å²) in [5, 5.41) is 9.96. The molecule has 0 spiro atoms. The van der Waals surface area contributed by atoms with E-state index in [1.54, 1.807) is 11.8 Å². The largest absolute Gasteiger partial charge is 0.392 e. The third-order valence-corrected chi connectivity index (χ3v) is 5.94. The quantitative estimate of drug-likeness (QED) is 0.799. The van der Waals surface area contributed by atoms with Crippen LogP contribution < -0.4 is 0 Å². The van der Waals surface area contributed by atoms with Crippen LogP contribution in [0.25, 0.3) is 0 Å². The third-order valence-electron chi connectivity index (χ3n) is 2.06. The van der Waals surface area contributed by atoms with Crippen LogP contribution in [0.4, 0.5) is 0 Å². The van der Waals surface area contributed by atoms with Crippen LogP contribution >= 0.6 is 23.5 Å². The standard InChI is InChI=1S/C8H16O3S3/c1-14(10,11)5-2-7(9)8-6-12-3-4-13-8/h7-9H,2-6H2,1H3. The zero-order valence-corrected chi connectivity index (χ0v) is 10.6. The Kier molecular flexibility index (Phi) is 5.10. The van der Waals surface area contributed by atoms with Crippen molar-refractivity contribution in [1.29, 1.82) is 0 Å². The maximum atomic E-state index is 10.9. The first-order valence-electron chi connectivity index (χ1n) is 4.54. The number of aliphatic hydroxyl groups is 1. The van der Waals surface area contributed by atoms with Crippen molar-refractivity contribution < 1.29 is 13.5 Å². The van der Waals surface area contributed by atoms with Crippen molar-refractivity contribution in [2.45, 2.75) is 17.8 Å². The molecule has 1 aliphatic rings. The van der Waals surface area contributed by atoms with E-state index in [0.717, 1.165) is 17.3 Å². The fourth-order valence-electron chi connectivity index (χ4n) is 1.25. The molecule has 0 saturated carbocycles. The summed E-state index contributed by atoms with van der Waals surface area (Å²) in [4.78, 5) is 0. The Bertz CT molecular complexity index is 257. The normalized spacial score (nSPS) is 26.0. The van der Waals surface area contributed by atoms with E-state index < -0.39 is 15.9 Å². The van der Waals surface area contributed by atoms with Crippen molar-refractivity contribution in [1.82, 2.24) is 0 Å². The Hall–Kier alpha value is 0.610. The van der Waals surface area contributed by atoms with E-state index in [0.29, 0.717) is 6.42 Å². The Morgan fingerprint density at radius 2 is 2.21 bits per heavy atom. The molecule has 1 N–H and O–H groups in total. The zero-order chi connectivity index (χ0) is 10.6. The third kappa shape index (κ3) is 4.91. The molecule has 6 heteroatoms. The summed E-state index contributed by atoms with van der Waals surface area (Å²) in [5.74, 6) is 3.23. The van der Waals surface area contributed by atoms with Gasteiger partial charge in [0.1, 0.15) is 9.84 Å². The molecule has 0 aromatic carbocycles. The molecule has 1 saturated heterocycles. The van der Waals surface area contributed by atoms with Crippen molar-refractivity contribution in [3.8, 4) is 0 Å². The van der Waals surface area contributed by atoms with Gasteiger partial charge in [-0.3, -0.25) is 0 Å². The second-order valence-corrected chi connectivity index (χ2v) is 8.23. The van der Waals surface area contributed by atoms with Gasteiger partial charge in [0.25, 0.3) is 0 Å². The van der Waals surface area contributed by atoms with E-state index in [1.165, 1.54) is 6.26 Å². The van der Waals surface area contributed by atoms with Crippen LogP contribution in [-0.2, 0) is 9.84 Å². The number of aliphatic hydroxyl groups excluding tert-OH is 1. The summed E-state index contributed by atoms with van der Waals surface area (Å²) in [5.41, 5.74) is 0. The molecular weight excluding hydrogens is 240 g/mol. The molecule has 0 amide bonds. The molecular formula is C8H16O3S3. The maximum absolute atomic E-state index is 10.9. The van der Waals surface area contributed by atoms with Crippen molar-refractivity contribution in [2.24, 2.45) is 0 Å². The lowest BCUT2D eigenvalue weighted by molar-refractivity contribution is 0.173. The first-order valence-corrected chi connectivity index (χ1v) is 8.80. The van der Waals surface area contributed by atoms with Crippen LogP contribution in [0.1, 0.15) is 6.42 Å². The van der Waals surface area contributed by atoms with Crippen LogP contribution in [0.15, 0.2) is 0 Å². The summed E-state index contributed by atoms with van der Waals surface area (Å²) >= 11 is 3.59. The monoisotopic (exact) mass is 256 g/mol. The summed E-state index contributed by atoms with van der Waals surface area (Å²) in [6.45, 7) is 0. The van der Waals surface area contributed by atoms with Crippen LogP contribution in [0.2, 0.25) is 0 Å². The van der Waals surface area contributed by atoms with Gasteiger partial charge >= 0.3 is 0 Å². The highest BCUT2D eigenvalue weighted by molar-refractivity contribution is 8.06. The van der Waals surface area contributed by atoms with Gasteiger partial charge in [-0.25, -0.2) is 8.42 Å². The molecule has 1 fully saturated rings. The van der Waals surface area contributed by atoms with Crippen molar-refractivity contribution >= 4 is 33.4 Å². The highest BCUT2D eigenvalue weighted by Crippen LogP contribution is 2.27. The molecule has 2 atom stereocenters. The van der Waals surface area contributed by atoms with Crippen LogP contribution in [0, 0.1) is 0 Å². The predicted octanol–water partition coefficient (Wildman–Crippen LogP) is 0.631. The number of sulfone groups is 1. The highest BCUT2D eigenvalue weighted by atomic mass is 32.2. The van der Waals surface area contributed by atoms with Gasteiger partial charge in [-0.2, -0.15) is 23.5 Å². The van der Waals surface area contributed by atoms with E-state index in [1.807, 2.05) is 11.8 Å². The van der Waals surface area contributed by atoms with Gasteiger partial charge in [-0.05, 0) is 6.42 Å². The molecule has 2 unspecified atom stereocenters. The minimum atomic E-state index is -2.93. The second kappa shape index (κ2) is 5.63. The molecule has 0 aromatic heterocycles. The Labute approximate surface area is 94.0 Å². The number of rotatable bonds is 4. The molecule has 0 bridgehead atoms. The second-order valence-electron chi connectivity index (χ2n) is 3.47. The van der Waals surface area contributed by atoms with E-state index >= 15 is 0 Å². The lowest BCUT2D eigenvalue weighted by atomic mass is 10.2. The number of thioether (sulfide) groups is 2. The van der Waals surface area contributed by atoms with E-state index in [2.05, 4.69) is 0 Å². The molecule has 1 rings (SSSR count). The molecule has 3 nitrogen and oxygen atoms in total. The molecule has 0 aromatic rings. The minimum Gasteiger partial charge on any atom is -0.392 e. The molecule has 1 aliphatic heterocycles. The zero-order valence-electron chi connectivity index (χ0n) is 8.18. The van der Waals surface area contributed by atoms with E-state index in [4.69, 9.17) is 0 Å². The molecule has 0 aliphatic carbocycles. The fraction of sp³-hybridized carbons (Fsp3) is 1.00. The van der Waals surface area contributed by atoms with E-state index in [-0.39, 0.29) is 11.0 Å². The van der Waals surface area contributed by atoms with E-state index in [9.17, 15) is 13.5 Å². The fourth-order valence-corrected chi connectivity index (χ4v) is 4.73. The maximum Gasteiger partial charge on any atom is 0.147 e. The van der Waals surface area contributed by atoms with Gasteiger partial charge in [0.15, 0.2) is 0 Å². The SMILES string of the molecule is CS(=O)(=O)CCC(O)C1CSCCS1. The minimum absolute atomic E-state index is 0.0931. The Balaban J connectivity index is 2.30. The van der Waals surface area contributed by atoms with Crippen molar-refractivity contribution in [3.05, 3.63) is 0 Å². The van der Waals surface area contributed by atoms with Gasteiger partial charge in [-0.15, -0.1) is 0 Å². The average Bonchev–Trinajstić information content (AvgIpc) is 2.14. The first kappa shape index (κ1) is 12.7. The summed E-state index contributed by atoms with van der Waals surface area (Å²) in [7, 11) is -2.93. The Morgan fingerprint density at radius 1 is 1.50 bits per heavy atom. The van der Waals surface area contributed by atoms with Crippen LogP contribution in [0.3, 0.4) is 0 Å². The smallest absolute Gasteiger partial charge is 0.147 e. The molecule has 0 radical (unpaired) electrons. The van der Waals surface area contributed by atoms with Crippen molar-refractivity contribution in [2.75, 3.05) is 29.3 Å². The Morgan fingerprint density at radius 3 is 2.71 bits per heavy atom. The van der Waals surface area contributed by atoms with Gasteiger partial charge in [0, 0.05) is 28.8 Å². The predicted molar refractivity (Wildman–Crippen MR) is 63.9 cm³/mol. The summed E-state index contributed by atoms with van der Waals surface area (Å²) in [6, 6.07) is 0. The highest BCUT2D eigenvalue weighted by Gasteiger charge is 2.23. The summed E-state index contributed by atoms with van der Waals surface area (Å²) < 4.78 is 21.8.